The molecule has 1 N–H and O–H groups in total. The monoisotopic (exact) mass is 476 g/mol. The minimum absolute atomic E-state index is 0.771. The number of imidazole rings is 1. The van der Waals surface area contributed by atoms with Crippen LogP contribution >= 0.6 is 15.9 Å². The van der Waals surface area contributed by atoms with Crippen molar-refractivity contribution in [2.45, 2.75) is 6.23 Å². The molecule has 3 nitrogen and oxygen atoms in total. The van der Waals surface area contributed by atoms with Crippen molar-refractivity contribution < 1.29 is 5.11 Å². The first-order valence-corrected chi connectivity index (χ1v) is 11.4. The standard InChI is InChI=1S/C28H17BrN2O/c29-23-12-11-21-26-20(23)6-3-7-22(26)28(32)31-25-13-10-19(15-24(25)30-27(21)31)18-9-8-16-4-1-2-5-17(16)14-18/h1-15,28,32H. The quantitative estimate of drug-likeness (QED) is 0.270. The Balaban J connectivity index is 1.46. The van der Waals surface area contributed by atoms with Crippen molar-refractivity contribution in [1.82, 2.24) is 9.55 Å². The summed E-state index contributed by atoms with van der Waals surface area (Å²) in [6, 6.07) is 31.5. The number of rotatable bonds is 1. The van der Waals surface area contributed by atoms with Gasteiger partial charge in [0, 0.05) is 21.0 Å². The largest absolute Gasteiger partial charge is 0.369 e. The van der Waals surface area contributed by atoms with E-state index in [9.17, 15) is 5.11 Å². The van der Waals surface area contributed by atoms with Crippen LogP contribution in [0, 0.1) is 0 Å². The lowest BCUT2D eigenvalue weighted by Crippen LogP contribution is -2.16. The van der Waals surface area contributed by atoms with Gasteiger partial charge in [-0.05, 0) is 57.6 Å². The molecule has 1 aliphatic rings. The summed E-state index contributed by atoms with van der Waals surface area (Å²) in [6.45, 7) is 0. The fraction of sp³-hybridized carbons (Fsp3) is 0.0357. The zero-order chi connectivity index (χ0) is 21.4. The maximum absolute atomic E-state index is 11.3. The molecule has 5 aromatic carbocycles. The van der Waals surface area contributed by atoms with Crippen LogP contribution in [0.15, 0.2) is 95.5 Å². The van der Waals surface area contributed by atoms with Crippen LogP contribution in [0.25, 0.3) is 55.1 Å². The average Bonchev–Trinajstić information content (AvgIpc) is 3.22. The molecule has 1 aliphatic heterocycles. The Labute approximate surface area is 192 Å². The molecule has 7 rings (SSSR count). The average molecular weight is 477 g/mol. The Morgan fingerprint density at radius 2 is 1.59 bits per heavy atom. The van der Waals surface area contributed by atoms with Crippen LogP contribution in [0.1, 0.15) is 11.8 Å². The summed E-state index contributed by atoms with van der Waals surface area (Å²) >= 11 is 3.66. The third-order valence-electron chi connectivity index (χ3n) is 6.56. The van der Waals surface area contributed by atoms with Crippen molar-refractivity contribution in [3.05, 3.63) is 101 Å². The van der Waals surface area contributed by atoms with E-state index in [2.05, 4.69) is 94.8 Å². The first kappa shape index (κ1) is 18.1. The van der Waals surface area contributed by atoms with Gasteiger partial charge in [0.15, 0.2) is 6.23 Å². The van der Waals surface area contributed by atoms with E-state index in [-0.39, 0.29) is 0 Å². The molecule has 0 aliphatic carbocycles. The molecular formula is C28H17BrN2O. The highest BCUT2D eigenvalue weighted by atomic mass is 79.9. The summed E-state index contributed by atoms with van der Waals surface area (Å²) in [5, 5.41) is 15.9. The van der Waals surface area contributed by atoms with Gasteiger partial charge in [-0.3, -0.25) is 4.57 Å². The Morgan fingerprint density at radius 1 is 0.781 bits per heavy atom. The zero-order valence-corrected chi connectivity index (χ0v) is 18.5. The fourth-order valence-electron chi connectivity index (χ4n) is 5.02. The highest BCUT2D eigenvalue weighted by molar-refractivity contribution is 9.10. The summed E-state index contributed by atoms with van der Waals surface area (Å²) in [5.41, 5.74) is 6.05. The Bertz CT molecular complexity index is 1720. The van der Waals surface area contributed by atoms with Crippen molar-refractivity contribution in [1.29, 1.82) is 0 Å². The van der Waals surface area contributed by atoms with Crippen molar-refractivity contribution in [3.63, 3.8) is 0 Å². The van der Waals surface area contributed by atoms with Gasteiger partial charge in [0.2, 0.25) is 0 Å². The molecule has 4 heteroatoms. The van der Waals surface area contributed by atoms with E-state index in [0.717, 1.165) is 54.4 Å². The van der Waals surface area contributed by atoms with Crippen LogP contribution in [-0.4, -0.2) is 14.7 Å². The molecule has 0 saturated heterocycles. The second kappa shape index (κ2) is 6.52. The molecule has 2 heterocycles. The predicted octanol–water partition coefficient (Wildman–Crippen LogP) is 7.29. The fourth-order valence-corrected chi connectivity index (χ4v) is 5.49. The molecule has 0 amide bonds. The molecular weight excluding hydrogens is 460 g/mol. The minimum Gasteiger partial charge on any atom is -0.369 e. The number of benzene rings is 5. The molecule has 32 heavy (non-hydrogen) atoms. The van der Waals surface area contributed by atoms with E-state index < -0.39 is 6.23 Å². The van der Waals surface area contributed by atoms with E-state index in [4.69, 9.17) is 4.98 Å². The summed E-state index contributed by atoms with van der Waals surface area (Å²) in [4.78, 5) is 4.99. The highest BCUT2D eigenvalue weighted by Crippen LogP contribution is 2.44. The Hall–Kier alpha value is -3.47. The molecule has 0 fully saturated rings. The lowest BCUT2D eigenvalue weighted by molar-refractivity contribution is 0.152. The predicted molar refractivity (Wildman–Crippen MR) is 134 cm³/mol. The van der Waals surface area contributed by atoms with Crippen molar-refractivity contribution in [3.8, 4) is 22.5 Å². The van der Waals surface area contributed by atoms with E-state index in [1.165, 1.54) is 10.8 Å². The van der Waals surface area contributed by atoms with E-state index in [0.29, 0.717) is 0 Å². The summed E-state index contributed by atoms with van der Waals surface area (Å²) in [5.74, 6) is 0.805. The van der Waals surface area contributed by atoms with Gasteiger partial charge >= 0.3 is 0 Å². The van der Waals surface area contributed by atoms with E-state index in [1.807, 2.05) is 16.7 Å². The molecule has 0 radical (unpaired) electrons. The number of aliphatic hydroxyl groups is 1. The van der Waals surface area contributed by atoms with Crippen molar-refractivity contribution in [2.24, 2.45) is 0 Å². The molecule has 152 valence electrons. The number of halogens is 1. The molecule has 0 spiro atoms. The van der Waals surface area contributed by atoms with Crippen molar-refractivity contribution in [2.75, 3.05) is 0 Å². The van der Waals surface area contributed by atoms with Crippen LogP contribution in [0.2, 0.25) is 0 Å². The van der Waals surface area contributed by atoms with Crippen LogP contribution in [0.4, 0.5) is 0 Å². The third-order valence-corrected chi connectivity index (χ3v) is 7.25. The van der Waals surface area contributed by atoms with Gasteiger partial charge in [0.25, 0.3) is 0 Å². The van der Waals surface area contributed by atoms with Gasteiger partial charge in [-0.25, -0.2) is 4.98 Å². The van der Waals surface area contributed by atoms with Gasteiger partial charge in [-0.2, -0.15) is 0 Å². The topological polar surface area (TPSA) is 38.1 Å². The number of aliphatic hydroxyl groups excluding tert-OH is 1. The van der Waals surface area contributed by atoms with Gasteiger partial charge in [-0.1, -0.05) is 76.6 Å². The van der Waals surface area contributed by atoms with E-state index >= 15 is 0 Å². The van der Waals surface area contributed by atoms with Crippen LogP contribution in [-0.2, 0) is 0 Å². The SMILES string of the molecule is OC1c2cccc3c(Br)ccc(c23)-c2nc3cc(-c4ccc5ccccc5c4)ccc3n21. The van der Waals surface area contributed by atoms with E-state index in [1.54, 1.807) is 0 Å². The second-order valence-electron chi connectivity index (χ2n) is 8.31. The number of aromatic nitrogens is 2. The number of nitrogens with zero attached hydrogens (tertiary/aromatic N) is 2. The van der Waals surface area contributed by atoms with Gasteiger partial charge < -0.3 is 5.11 Å². The molecule has 6 aromatic rings. The van der Waals surface area contributed by atoms with Gasteiger partial charge in [-0.15, -0.1) is 0 Å². The summed E-state index contributed by atoms with van der Waals surface area (Å²) in [7, 11) is 0. The third kappa shape index (κ3) is 2.42. The smallest absolute Gasteiger partial charge is 0.159 e. The lowest BCUT2D eigenvalue weighted by Gasteiger charge is -2.25. The van der Waals surface area contributed by atoms with Gasteiger partial charge in [0.1, 0.15) is 5.82 Å². The highest BCUT2D eigenvalue weighted by Gasteiger charge is 2.28. The molecule has 0 saturated carbocycles. The molecule has 1 unspecified atom stereocenters. The first-order valence-electron chi connectivity index (χ1n) is 10.6. The van der Waals surface area contributed by atoms with Crippen LogP contribution < -0.4 is 0 Å². The minimum atomic E-state index is -0.771. The van der Waals surface area contributed by atoms with Crippen LogP contribution in [0.3, 0.4) is 0 Å². The van der Waals surface area contributed by atoms with Gasteiger partial charge in [0.05, 0.1) is 11.0 Å². The van der Waals surface area contributed by atoms with Crippen molar-refractivity contribution >= 4 is 48.5 Å². The normalized spacial score (nSPS) is 14.9. The second-order valence-corrected chi connectivity index (χ2v) is 9.16. The molecule has 1 atom stereocenters. The van der Waals surface area contributed by atoms with Crippen LogP contribution in [0.5, 0.6) is 0 Å². The Morgan fingerprint density at radius 3 is 2.50 bits per heavy atom. The molecule has 1 aromatic heterocycles. The first-order chi connectivity index (χ1) is 15.7. The lowest BCUT2D eigenvalue weighted by atomic mass is 9.95. The maximum atomic E-state index is 11.3. The molecule has 0 bridgehead atoms. The maximum Gasteiger partial charge on any atom is 0.159 e. The number of hydrogen-bond acceptors (Lipinski definition) is 2. The summed E-state index contributed by atoms with van der Waals surface area (Å²) < 4.78 is 2.97. The number of fused-ring (bicyclic) bond motifs is 5. The zero-order valence-electron chi connectivity index (χ0n) is 17.0. The Kier molecular flexibility index (Phi) is 3.69. The number of hydrogen-bond donors (Lipinski definition) is 1. The summed E-state index contributed by atoms with van der Waals surface area (Å²) in [6.07, 6.45) is -0.771.